The first-order chi connectivity index (χ1) is 14.5. The van der Waals surface area contributed by atoms with E-state index in [0.717, 1.165) is 16.5 Å². The predicted octanol–water partition coefficient (Wildman–Crippen LogP) is 4.40. The van der Waals surface area contributed by atoms with E-state index in [1.807, 2.05) is 48.5 Å². The standard InChI is InChI=1S/C23H21FN4O2.ClH/c1-28(2)23(29)19-12-11-17(24)20(26-19)13-18(25)14-7-3-4-8-15(14)22-16-9-5-6-10-21(16)30-27-22;/h3-12,18H,13,25H2,1-2H3;1H. The number of carbonyl (C=O) groups excluding carboxylic acids is 1. The third-order valence-corrected chi connectivity index (χ3v) is 4.95. The predicted molar refractivity (Wildman–Crippen MR) is 120 cm³/mol. The molecule has 1 unspecified atom stereocenters. The van der Waals surface area contributed by atoms with Crippen LogP contribution in [0.5, 0.6) is 0 Å². The number of fused-ring (bicyclic) bond motifs is 1. The van der Waals surface area contributed by atoms with Gasteiger partial charge in [-0.05, 0) is 29.8 Å². The fourth-order valence-corrected chi connectivity index (χ4v) is 3.41. The van der Waals surface area contributed by atoms with Gasteiger partial charge in [-0.15, -0.1) is 12.4 Å². The molecule has 1 atom stereocenters. The lowest BCUT2D eigenvalue weighted by Gasteiger charge is -2.17. The number of carbonyl (C=O) groups is 1. The molecule has 0 aliphatic rings. The van der Waals surface area contributed by atoms with Crippen LogP contribution in [-0.4, -0.2) is 35.0 Å². The van der Waals surface area contributed by atoms with E-state index >= 15 is 0 Å². The highest BCUT2D eigenvalue weighted by molar-refractivity contribution is 5.92. The minimum absolute atomic E-state index is 0. The fourth-order valence-electron chi connectivity index (χ4n) is 3.41. The quantitative estimate of drug-likeness (QED) is 0.497. The van der Waals surface area contributed by atoms with E-state index in [1.54, 1.807) is 14.1 Å². The molecule has 4 aromatic rings. The molecule has 0 spiro atoms. The summed E-state index contributed by atoms with van der Waals surface area (Å²) in [4.78, 5) is 17.8. The maximum absolute atomic E-state index is 14.4. The van der Waals surface area contributed by atoms with Crippen molar-refractivity contribution in [3.63, 3.8) is 0 Å². The minimum Gasteiger partial charge on any atom is -0.356 e. The SMILES string of the molecule is CN(C)C(=O)c1ccc(F)c(CC(N)c2ccccc2-c2noc3ccccc23)n1.Cl. The number of aromatic nitrogens is 2. The second-order valence-corrected chi connectivity index (χ2v) is 7.25. The van der Waals surface area contributed by atoms with E-state index in [1.165, 1.54) is 17.0 Å². The number of benzene rings is 2. The molecule has 2 aromatic carbocycles. The van der Waals surface area contributed by atoms with E-state index in [0.29, 0.717) is 11.3 Å². The first-order valence-electron chi connectivity index (χ1n) is 9.52. The number of rotatable bonds is 5. The van der Waals surface area contributed by atoms with Gasteiger partial charge in [0.05, 0.1) is 5.69 Å². The summed E-state index contributed by atoms with van der Waals surface area (Å²) in [6, 6.07) is 17.2. The number of amides is 1. The minimum atomic E-state index is -0.552. The number of nitrogens with two attached hydrogens (primary N) is 1. The largest absolute Gasteiger partial charge is 0.356 e. The molecule has 0 fully saturated rings. The van der Waals surface area contributed by atoms with Gasteiger partial charge in [0.2, 0.25) is 0 Å². The number of nitrogens with zero attached hydrogens (tertiary/aromatic N) is 3. The summed E-state index contributed by atoms with van der Waals surface area (Å²) >= 11 is 0. The zero-order valence-electron chi connectivity index (χ0n) is 17.1. The summed E-state index contributed by atoms with van der Waals surface area (Å²) in [5.41, 5.74) is 9.77. The van der Waals surface area contributed by atoms with Crippen molar-refractivity contribution in [2.24, 2.45) is 5.73 Å². The van der Waals surface area contributed by atoms with Gasteiger partial charge >= 0.3 is 0 Å². The van der Waals surface area contributed by atoms with Crippen LogP contribution >= 0.6 is 12.4 Å². The van der Waals surface area contributed by atoms with Crippen LogP contribution in [0.15, 0.2) is 65.2 Å². The second-order valence-electron chi connectivity index (χ2n) is 7.25. The average molecular weight is 441 g/mol. The lowest BCUT2D eigenvalue weighted by Crippen LogP contribution is -2.24. The third-order valence-electron chi connectivity index (χ3n) is 4.95. The van der Waals surface area contributed by atoms with Crippen LogP contribution in [0.25, 0.3) is 22.2 Å². The molecule has 2 aromatic heterocycles. The molecule has 2 heterocycles. The van der Waals surface area contributed by atoms with Gasteiger partial charge in [0.15, 0.2) is 5.58 Å². The lowest BCUT2D eigenvalue weighted by molar-refractivity contribution is 0.0821. The van der Waals surface area contributed by atoms with E-state index in [2.05, 4.69) is 10.1 Å². The molecule has 0 aliphatic carbocycles. The average Bonchev–Trinajstić information content (AvgIpc) is 3.18. The molecule has 6 nitrogen and oxygen atoms in total. The molecule has 31 heavy (non-hydrogen) atoms. The first-order valence-corrected chi connectivity index (χ1v) is 9.52. The van der Waals surface area contributed by atoms with Crippen molar-refractivity contribution in [1.82, 2.24) is 15.0 Å². The Bertz CT molecular complexity index is 1230. The van der Waals surface area contributed by atoms with Crippen molar-refractivity contribution in [3.8, 4) is 11.3 Å². The summed E-state index contributed by atoms with van der Waals surface area (Å²) in [5, 5.41) is 5.09. The van der Waals surface area contributed by atoms with Gasteiger partial charge in [0.25, 0.3) is 5.91 Å². The molecular weight excluding hydrogens is 419 g/mol. The highest BCUT2D eigenvalue weighted by atomic mass is 35.5. The lowest BCUT2D eigenvalue weighted by atomic mass is 9.94. The number of para-hydroxylation sites is 1. The Morgan fingerprint density at radius 2 is 1.81 bits per heavy atom. The Balaban J connectivity index is 0.00000272. The van der Waals surface area contributed by atoms with Gasteiger partial charge in [-0.25, -0.2) is 9.37 Å². The number of halogens is 2. The van der Waals surface area contributed by atoms with Crippen molar-refractivity contribution >= 4 is 29.3 Å². The van der Waals surface area contributed by atoms with Crippen molar-refractivity contribution in [2.75, 3.05) is 14.1 Å². The fraction of sp³-hybridized carbons (Fsp3) is 0.174. The van der Waals surface area contributed by atoms with Gasteiger partial charge in [-0.3, -0.25) is 4.79 Å². The van der Waals surface area contributed by atoms with Crippen LogP contribution in [0.1, 0.15) is 27.8 Å². The van der Waals surface area contributed by atoms with Gasteiger partial charge in [-0.1, -0.05) is 41.6 Å². The molecule has 0 radical (unpaired) electrons. The monoisotopic (exact) mass is 440 g/mol. The maximum atomic E-state index is 14.4. The molecule has 0 aliphatic heterocycles. The Morgan fingerprint density at radius 3 is 2.58 bits per heavy atom. The topological polar surface area (TPSA) is 85.2 Å². The van der Waals surface area contributed by atoms with Gasteiger partial charge < -0.3 is 15.2 Å². The Hall–Kier alpha value is -3.29. The first kappa shape index (κ1) is 22.4. The highest BCUT2D eigenvalue weighted by Gasteiger charge is 2.20. The summed E-state index contributed by atoms with van der Waals surface area (Å²) in [6.07, 6.45) is 0.132. The third kappa shape index (κ3) is 4.42. The Kier molecular flexibility index (Phi) is 6.68. The van der Waals surface area contributed by atoms with Crippen LogP contribution in [0, 0.1) is 5.82 Å². The van der Waals surface area contributed by atoms with E-state index in [9.17, 15) is 9.18 Å². The van der Waals surface area contributed by atoms with Crippen LogP contribution < -0.4 is 5.73 Å². The molecule has 0 saturated heterocycles. The highest BCUT2D eigenvalue weighted by Crippen LogP contribution is 2.33. The molecule has 8 heteroatoms. The van der Waals surface area contributed by atoms with Gasteiger partial charge in [0.1, 0.15) is 17.2 Å². The number of pyridine rings is 1. The molecule has 4 rings (SSSR count). The summed E-state index contributed by atoms with van der Waals surface area (Å²) < 4.78 is 19.9. The zero-order chi connectivity index (χ0) is 21.3. The summed E-state index contributed by atoms with van der Waals surface area (Å²) in [6.45, 7) is 0. The molecule has 160 valence electrons. The Morgan fingerprint density at radius 1 is 1.10 bits per heavy atom. The summed E-state index contributed by atoms with van der Waals surface area (Å²) in [5.74, 6) is -0.788. The van der Waals surface area contributed by atoms with Crippen LogP contribution in [0.3, 0.4) is 0 Å². The van der Waals surface area contributed by atoms with Crippen LogP contribution in [-0.2, 0) is 6.42 Å². The van der Waals surface area contributed by atoms with Crippen molar-refractivity contribution < 1.29 is 13.7 Å². The van der Waals surface area contributed by atoms with Crippen molar-refractivity contribution in [1.29, 1.82) is 0 Å². The smallest absolute Gasteiger partial charge is 0.271 e. The molecule has 2 N–H and O–H groups in total. The van der Waals surface area contributed by atoms with Crippen molar-refractivity contribution in [2.45, 2.75) is 12.5 Å². The van der Waals surface area contributed by atoms with Crippen LogP contribution in [0.2, 0.25) is 0 Å². The Labute approximate surface area is 185 Å². The molecule has 0 bridgehead atoms. The van der Waals surface area contributed by atoms with Gasteiger partial charge in [0, 0.05) is 37.5 Å². The van der Waals surface area contributed by atoms with E-state index in [4.69, 9.17) is 10.3 Å². The second kappa shape index (κ2) is 9.24. The number of hydrogen-bond donors (Lipinski definition) is 1. The van der Waals surface area contributed by atoms with Gasteiger partial charge in [-0.2, -0.15) is 0 Å². The maximum Gasteiger partial charge on any atom is 0.271 e. The summed E-state index contributed by atoms with van der Waals surface area (Å²) in [7, 11) is 3.24. The van der Waals surface area contributed by atoms with E-state index < -0.39 is 11.9 Å². The zero-order valence-corrected chi connectivity index (χ0v) is 17.9. The molecule has 0 saturated carbocycles. The molecule has 1 amide bonds. The van der Waals surface area contributed by atoms with Crippen molar-refractivity contribution in [3.05, 3.63) is 83.4 Å². The van der Waals surface area contributed by atoms with E-state index in [-0.39, 0.29) is 36.1 Å². The number of hydrogen-bond acceptors (Lipinski definition) is 5. The molecular formula is C23H22ClFN4O2. The normalized spacial score (nSPS) is 11.7. The van der Waals surface area contributed by atoms with Crippen LogP contribution in [0.4, 0.5) is 4.39 Å².